The van der Waals surface area contributed by atoms with E-state index in [1.165, 1.54) is 0 Å². The Labute approximate surface area is 126 Å². The molecule has 0 aliphatic carbocycles. The first-order valence-electron chi connectivity index (χ1n) is 5.95. The number of aliphatic hydroxyl groups is 1. The van der Waals surface area contributed by atoms with Gasteiger partial charge in [0.2, 0.25) is 0 Å². The third kappa shape index (κ3) is 4.53. The molecule has 0 radical (unpaired) electrons. The molecule has 0 aromatic heterocycles. The van der Waals surface area contributed by atoms with E-state index in [-0.39, 0.29) is 6.61 Å². The first-order valence-corrected chi connectivity index (χ1v) is 7.12. The summed E-state index contributed by atoms with van der Waals surface area (Å²) in [5.74, 6) is 0.753. The van der Waals surface area contributed by atoms with Gasteiger partial charge >= 0.3 is 0 Å². The Kier molecular flexibility index (Phi) is 5.25. The van der Waals surface area contributed by atoms with Gasteiger partial charge in [-0.2, -0.15) is 0 Å². The van der Waals surface area contributed by atoms with E-state index in [4.69, 9.17) is 16.3 Å². The van der Waals surface area contributed by atoms with Crippen molar-refractivity contribution < 1.29 is 9.84 Å². The predicted molar refractivity (Wildman–Crippen MR) is 80.8 cm³/mol. The fraction of sp³-hybridized carbons (Fsp3) is 0.200. The zero-order chi connectivity index (χ0) is 13.7. The van der Waals surface area contributed by atoms with Gasteiger partial charge in [0.05, 0.1) is 6.10 Å². The van der Waals surface area contributed by atoms with Crippen molar-refractivity contribution in [1.29, 1.82) is 0 Å². The zero-order valence-corrected chi connectivity index (χ0v) is 12.6. The highest BCUT2D eigenvalue weighted by Gasteiger charge is 2.09. The molecule has 19 heavy (non-hydrogen) atoms. The van der Waals surface area contributed by atoms with E-state index in [2.05, 4.69) is 15.9 Å². The van der Waals surface area contributed by atoms with E-state index in [1.54, 1.807) is 0 Å². The second-order valence-corrected chi connectivity index (χ2v) is 5.54. The largest absolute Gasteiger partial charge is 0.491 e. The van der Waals surface area contributed by atoms with Gasteiger partial charge in [-0.05, 0) is 29.8 Å². The van der Waals surface area contributed by atoms with Crippen molar-refractivity contribution in [2.75, 3.05) is 6.61 Å². The summed E-state index contributed by atoms with van der Waals surface area (Å²) in [7, 11) is 0. The molecule has 0 heterocycles. The molecule has 100 valence electrons. The van der Waals surface area contributed by atoms with E-state index >= 15 is 0 Å². The van der Waals surface area contributed by atoms with Crippen molar-refractivity contribution in [3.8, 4) is 5.75 Å². The predicted octanol–water partition coefficient (Wildman–Crippen LogP) is 4.08. The second kappa shape index (κ2) is 6.94. The van der Waals surface area contributed by atoms with Gasteiger partial charge in [0.15, 0.2) is 0 Å². The van der Waals surface area contributed by atoms with Crippen molar-refractivity contribution in [2.24, 2.45) is 0 Å². The van der Waals surface area contributed by atoms with Crippen LogP contribution in [0, 0.1) is 0 Å². The van der Waals surface area contributed by atoms with Crippen LogP contribution in [0.3, 0.4) is 0 Å². The highest BCUT2D eigenvalue weighted by atomic mass is 79.9. The lowest BCUT2D eigenvalue weighted by Crippen LogP contribution is -2.20. The molecule has 2 aromatic rings. The first kappa shape index (κ1) is 14.4. The van der Waals surface area contributed by atoms with Gasteiger partial charge in [-0.25, -0.2) is 0 Å². The van der Waals surface area contributed by atoms with Crippen molar-refractivity contribution in [3.63, 3.8) is 0 Å². The Hall–Kier alpha value is -1.03. The van der Waals surface area contributed by atoms with Crippen LogP contribution in [0.15, 0.2) is 53.0 Å². The van der Waals surface area contributed by atoms with Crippen LogP contribution in [0.4, 0.5) is 0 Å². The van der Waals surface area contributed by atoms with Gasteiger partial charge in [0.25, 0.3) is 0 Å². The molecule has 1 N–H and O–H groups in total. The molecule has 0 aliphatic heterocycles. The SMILES string of the molecule is OC(COc1ccccc1)Cc1ccc(Br)cc1Cl. The molecule has 0 spiro atoms. The minimum absolute atomic E-state index is 0.246. The first-order chi connectivity index (χ1) is 9.15. The lowest BCUT2D eigenvalue weighted by atomic mass is 10.1. The molecule has 0 saturated carbocycles. The lowest BCUT2D eigenvalue weighted by molar-refractivity contribution is 0.108. The topological polar surface area (TPSA) is 29.5 Å². The van der Waals surface area contributed by atoms with E-state index in [9.17, 15) is 5.11 Å². The number of ether oxygens (including phenoxy) is 1. The lowest BCUT2D eigenvalue weighted by Gasteiger charge is -2.13. The molecule has 2 rings (SSSR count). The Morgan fingerprint density at radius 2 is 1.89 bits per heavy atom. The van der Waals surface area contributed by atoms with Gasteiger partial charge < -0.3 is 9.84 Å². The summed E-state index contributed by atoms with van der Waals surface area (Å²) in [6.07, 6.45) is -0.113. The minimum atomic E-state index is -0.584. The molecule has 0 saturated heterocycles. The van der Waals surface area contributed by atoms with Gasteiger partial charge in [0.1, 0.15) is 12.4 Å². The van der Waals surface area contributed by atoms with Crippen LogP contribution < -0.4 is 4.74 Å². The maximum Gasteiger partial charge on any atom is 0.119 e. The Balaban J connectivity index is 1.89. The van der Waals surface area contributed by atoms with Crippen LogP contribution in [-0.4, -0.2) is 17.8 Å². The Bertz CT molecular complexity index is 531. The fourth-order valence-electron chi connectivity index (χ4n) is 1.71. The highest BCUT2D eigenvalue weighted by Crippen LogP contribution is 2.22. The molecule has 0 fully saturated rings. The minimum Gasteiger partial charge on any atom is -0.491 e. The summed E-state index contributed by atoms with van der Waals surface area (Å²) in [6, 6.07) is 15.1. The quantitative estimate of drug-likeness (QED) is 0.888. The van der Waals surface area contributed by atoms with Gasteiger partial charge in [-0.15, -0.1) is 0 Å². The number of aliphatic hydroxyl groups excluding tert-OH is 1. The standard InChI is InChI=1S/C15H14BrClO2/c16-12-7-6-11(15(17)9-12)8-13(18)10-19-14-4-2-1-3-5-14/h1-7,9,13,18H,8,10H2. The van der Waals surface area contributed by atoms with Crippen molar-refractivity contribution in [3.05, 3.63) is 63.6 Å². The van der Waals surface area contributed by atoms with Gasteiger partial charge in [-0.1, -0.05) is 51.8 Å². The van der Waals surface area contributed by atoms with Gasteiger partial charge in [0, 0.05) is 15.9 Å². The number of halogens is 2. The average Bonchev–Trinajstić information content (AvgIpc) is 2.41. The summed E-state index contributed by atoms with van der Waals surface area (Å²) < 4.78 is 6.43. The molecule has 0 amide bonds. The zero-order valence-electron chi connectivity index (χ0n) is 10.2. The smallest absolute Gasteiger partial charge is 0.119 e. The highest BCUT2D eigenvalue weighted by molar-refractivity contribution is 9.10. The maximum atomic E-state index is 9.96. The number of rotatable bonds is 5. The van der Waals surface area contributed by atoms with E-state index in [1.807, 2.05) is 48.5 Å². The van der Waals surface area contributed by atoms with Crippen molar-refractivity contribution in [2.45, 2.75) is 12.5 Å². The van der Waals surface area contributed by atoms with E-state index in [0.29, 0.717) is 11.4 Å². The third-order valence-corrected chi connectivity index (χ3v) is 3.50. The molecular formula is C15H14BrClO2. The number of hydrogen-bond donors (Lipinski definition) is 1. The normalized spacial score (nSPS) is 12.2. The van der Waals surface area contributed by atoms with Gasteiger partial charge in [-0.3, -0.25) is 0 Å². The average molecular weight is 342 g/mol. The Morgan fingerprint density at radius 1 is 1.16 bits per heavy atom. The van der Waals surface area contributed by atoms with Crippen molar-refractivity contribution in [1.82, 2.24) is 0 Å². The molecule has 0 bridgehead atoms. The summed E-state index contributed by atoms with van der Waals surface area (Å²) in [6.45, 7) is 0.246. The molecule has 2 nitrogen and oxygen atoms in total. The molecule has 1 atom stereocenters. The fourth-order valence-corrected chi connectivity index (χ4v) is 2.46. The van der Waals surface area contributed by atoms with Crippen LogP contribution in [0.1, 0.15) is 5.56 Å². The summed E-state index contributed by atoms with van der Waals surface area (Å²) in [4.78, 5) is 0. The van der Waals surface area contributed by atoms with E-state index < -0.39 is 6.10 Å². The number of benzene rings is 2. The number of hydrogen-bond acceptors (Lipinski definition) is 2. The van der Waals surface area contributed by atoms with Crippen LogP contribution in [0.5, 0.6) is 5.75 Å². The second-order valence-electron chi connectivity index (χ2n) is 4.22. The van der Waals surface area contributed by atoms with Crippen molar-refractivity contribution >= 4 is 27.5 Å². The Morgan fingerprint density at radius 3 is 2.58 bits per heavy atom. The summed E-state index contributed by atoms with van der Waals surface area (Å²) in [5, 5.41) is 10.6. The van der Waals surface area contributed by atoms with E-state index in [0.717, 1.165) is 15.8 Å². The monoisotopic (exact) mass is 340 g/mol. The third-order valence-electron chi connectivity index (χ3n) is 2.66. The van der Waals surface area contributed by atoms with Crippen LogP contribution in [0.2, 0.25) is 5.02 Å². The number of para-hydroxylation sites is 1. The molecular weight excluding hydrogens is 328 g/mol. The molecule has 2 aromatic carbocycles. The summed E-state index contributed by atoms with van der Waals surface area (Å²) in [5.41, 5.74) is 0.911. The van der Waals surface area contributed by atoms with Crippen LogP contribution in [-0.2, 0) is 6.42 Å². The van der Waals surface area contributed by atoms with Crippen LogP contribution >= 0.6 is 27.5 Å². The van der Waals surface area contributed by atoms with Crippen LogP contribution in [0.25, 0.3) is 0 Å². The molecule has 0 aliphatic rings. The maximum absolute atomic E-state index is 9.96. The molecule has 1 unspecified atom stereocenters. The molecule has 4 heteroatoms. The summed E-state index contributed by atoms with van der Waals surface area (Å²) >= 11 is 9.46.